The smallest absolute Gasteiger partial charge is 0.143 e. The van der Waals surface area contributed by atoms with Crippen molar-refractivity contribution in [2.24, 2.45) is 0 Å². The van der Waals surface area contributed by atoms with Crippen molar-refractivity contribution in [2.75, 3.05) is 0 Å². The Hall–Kier alpha value is -5.66. The Morgan fingerprint density at radius 3 is 1.81 bits per heavy atom. The predicted octanol–water partition coefficient (Wildman–Crippen LogP) is 12.0. The highest BCUT2D eigenvalue weighted by molar-refractivity contribution is 6.26. The lowest BCUT2D eigenvalue weighted by molar-refractivity contribution is 0.670. The van der Waals surface area contributed by atoms with Gasteiger partial charge in [0.1, 0.15) is 11.2 Å². The monoisotopic (exact) mass is 554 g/mol. The van der Waals surface area contributed by atoms with Crippen molar-refractivity contribution in [3.8, 4) is 33.4 Å². The summed E-state index contributed by atoms with van der Waals surface area (Å²) in [7, 11) is 0. The van der Waals surface area contributed by atoms with Gasteiger partial charge in [0.15, 0.2) is 0 Å². The molecule has 0 spiro atoms. The molecule has 0 radical (unpaired) electrons. The van der Waals surface area contributed by atoms with Crippen molar-refractivity contribution >= 4 is 54.3 Å². The summed E-state index contributed by atoms with van der Waals surface area (Å²) in [5.74, 6) is 0. The largest absolute Gasteiger partial charge is 0.455 e. The van der Waals surface area contributed by atoms with Crippen LogP contribution >= 0.6 is 0 Å². The fourth-order valence-corrected chi connectivity index (χ4v) is 6.43. The molecule has 200 valence electrons. The average Bonchev–Trinajstić information content (AvgIpc) is 3.56. The molecule has 0 aliphatic rings. The third-order valence-corrected chi connectivity index (χ3v) is 8.29. The number of para-hydroxylation sites is 1. The number of fused-ring (bicyclic) bond motifs is 6. The molecule has 0 atom stereocenters. The van der Waals surface area contributed by atoms with Gasteiger partial charge >= 0.3 is 0 Å². The fourth-order valence-electron chi connectivity index (χ4n) is 6.43. The van der Waals surface area contributed by atoms with Gasteiger partial charge in [-0.3, -0.25) is 0 Å². The number of benzene rings is 8. The fraction of sp³-hybridized carbons (Fsp3) is 0. The standard InChI is InChI=1S/C42H26O/c1-2-13-28(14-3-1)31-20-10-22-37-41-36(21-11-23-38(41)43-42(31)37)40-34-18-8-6-16-32(34)39(33-17-7-9-19-35(33)40)30-25-24-27-12-4-5-15-29(27)26-30/h1-26H/i6D,7D,8D,9D,16D,17D,18D,19D. The molecule has 0 saturated carbocycles. The lowest BCUT2D eigenvalue weighted by Crippen LogP contribution is -1.91. The molecule has 0 aliphatic heterocycles. The zero-order valence-electron chi connectivity index (χ0n) is 30.8. The number of rotatable bonds is 3. The first kappa shape index (κ1) is 17.3. The minimum atomic E-state index is -0.436. The van der Waals surface area contributed by atoms with Crippen LogP contribution in [0.4, 0.5) is 0 Å². The highest BCUT2D eigenvalue weighted by atomic mass is 16.3. The Kier molecular flexibility index (Phi) is 3.80. The summed E-state index contributed by atoms with van der Waals surface area (Å²) in [5.41, 5.74) is 4.73. The van der Waals surface area contributed by atoms with Crippen molar-refractivity contribution in [2.45, 2.75) is 0 Å². The molecule has 0 aliphatic carbocycles. The van der Waals surface area contributed by atoms with E-state index in [1.54, 1.807) is 6.07 Å². The van der Waals surface area contributed by atoms with E-state index in [0.29, 0.717) is 38.8 Å². The van der Waals surface area contributed by atoms with Crippen LogP contribution in [0.5, 0.6) is 0 Å². The van der Waals surface area contributed by atoms with Gasteiger partial charge in [0.25, 0.3) is 0 Å². The third kappa shape index (κ3) is 3.65. The minimum Gasteiger partial charge on any atom is -0.455 e. The maximum atomic E-state index is 9.38. The van der Waals surface area contributed by atoms with Gasteiger partial charge in [-0.1, -0.05) is 145 Å². The van der Waals surface area contributed by atoms with Crippen LogP contribution in [0, 0.1) is 0 Å². The first-order chi connectivity index (χ1) is 24.7. The Balaban J connectivity index is 1.55. The average molecular weight is 555 g/mol. The Morgan fingerprint density at radius 1 is 0.442 bits per heavy atom. The summed E-state index contributed by atoms with van der Waals surface area (Å²) in [6, 6.07) is 31.7. The van der Waals surface area contributed by atoms with Crippen LogP contribution in [0.2, 0.25) is 0 Å². The summed E-state index contributed by atoms with van der Waals surface area (Å²) in [6.45, 7) is 0. The lowest BCUT2D eigenvalue weighted by atomic mass is 9.84. The molecular formula is C42H26O. The minimum absolute atomic E-state index is 0.169. The van der Waals surface area contributed by atoms with Gasteiger partial charge in [-0.05, 0) is 72.3 Å². The van der Waals surface area contributed by atoms with Crippen LogP contribution in [-0.4, -0.2) is 0 Å². The molecule has 1 aromatic heterocycles. The SMILES string of the molecule is [2H]c1c([2H])c([2H])c2c(-c3cccc4oc5c(-c6ccccc6)cccc5c34)c3c([2H])c([2H])c([2H])c([2H])c3c(-c3ccc4ccccc4c3)c2c1[2H]. The van der Waals surface area contributed by atoms with Crippen molar-refractivity contribution < 1.29 is 15.4 Å². The molecule has 1 heterocycles. The van der Waals surface area contributed by atoms with Gasteiger partial charge in [-0.2, -0.15) is 0 Å². The second-order valence-electron chi connectivity index (χ2n) is 10.6. The summed E-state index contributed by atoms with van der Waals surface area (Å²) in [5, 5.41) is 3.98. The van der Waals surface area contributed by atoms with Crippen molar-refractivity contribution in [1.82, 2.24) is 0 Å². The van der Waals surface area contributed by atoms with Crippen molar-refractivity contribution in [3.05, 3.63) is 158 Å². The van der Waals surface area contributed by atoms with Gasteiger partial charge in [0, 0.05) is 16.3 Å². The zero-order chi connectivity index (χ0) is 35.3. The van der Waals surface area contributed by atoms with E-state index >= 15 is 0 Å². The molecule has 9 aromatic rings. The molecule has 0 fully saturated rings. The van der Waals surface area contributed by atoms with Crippen molar-refractivity contribution in [1.29, 1.82) is 0 Å². The van der Waals surface area contributed by atoms with E-state index in [-0.39, 0.29) is 45.7 Å². The molecule has 0 unspecified atom stereocenters. The van der Waals surface area contributed by atoms with Gasteiger partial charge in [0.2, 0.25) is 0 Å². The summed E-state index contributed by atoms with van der Waals surface area (Å²) in [6.07, 6.45) is 0. The van der Waals surface area contributed by atoms with Crippen LogP contribution in [0.1, 0.15) is 11.0 Å². The molecule has 1 nitrogen and oxygen atoms in total. The highest BCUT2D eigenvalue weighted by Gasteiger charge is 2.21. The van der Waals surface area contributed by atoms with Crippen LogP contribution in [0.15, 0.2) is 162 Å². The van der Waals surface area contributed by atoms with E-state index < -0.39 is 24.2 Å². The van der Waals surface area contributed by atoms with E-state index in [0.717, 1.165) is 27.3 Å². The maximum Gasteiger partial charge on any atom is 0.143 e. The molecule has 9 rings (SSSR count). The lowest BCUT2D eigenvalue weighted by Gasteiger charge is -2.18. The summed E-state index contributed by atoms with van der Waals surface area (Å²) >= 11 is 0. The zero-order valence-corrected chi connectivity index (χ0v) is 22.8. The topological polar surface area (TPSA) is 13.1 Å². The van der Waals surface area contributed by atoms with E-state index in [1.807, 2.05) is 103 Å². The molecule has 1 heteroatoms. The normalized spacial score (nSPS) is 14.3. The number of hydrogen-bond donors (Lipinski definition) is 0. The summed E-state index contributed by atoms with van der Waals surface area (Å²) < 4.78 is 79.1. The molecule has 0 N–H and O–H groups in total. The molecule has 0 bridgehead atoms. The number of hydrogen-bond acceptors (Lipinski definition) is 1. The van der Waals surface area contributed by atoms with Gasteiger partial charge in [-0.25, -0.2) is 0 Å². The van der Waals surface area contributed by atoms with Crippen molar-refractivity contribution in [3.63, 3.8) is 0 Å². The molecule has 0 amide bonds. The predicted molar refractivity (Wildman–Crippen MR) is 183 cm³/mol. The summed E-state index contributed by atoms with van der Waals surface area (Å²) in [4.78, 5) is 0. The second-order valence-corrected chi connectivity index (χ2v) is 10.6. The molecule has 8 aromatic carbocycles. The van der Waals surface area contributed by atoms with Gasteiger partial charge < -0.3 is 4.42 Å². The van der Waals surface area contributed by atoms with E-state index in [1.165, 1.54) is 0 Å². The Morgan fingerprint density at radius 2 is 1.07 bits per heavy atom. The Bertz CT molecular complexity index is 2870. The molecule has 0 saturated heterocycles. The van der Waals surface area contributed by atoms with Crippen LogP contribution in [0.25, 0.3) is 87.6 Å². The van der Waals surface area contributed by atoms with E-state index in [9.17, 15) is 5.48 Å². The first-order valence-electron chi connectivity index (χ1n) is 18.1. The van der Waals surface area contributed by atoms with Crippen LogP contribution in [0.3, 0.4) is 0 Å². The Labute approximate surface area is 260 Å². The van der Waals surface area contributed by atoms with E-state index in [4.69, 9.17) is 9.90 Å². The van der Waals surface area contributed by atoms with Gasteiger partial charge in [0.05, 0.1) is 11.0 Å². The van der Waals surface area contributed by atoms with E-state index in [2.05, 4.69) is 0 Å². The van der Waals surface area contributed by atoms with Crippen LogP contribution in [-0.2, 0) is 0 Å². The van der Waals surface area contributed by atoms with Gasteiger partial charge in [-0.15, -0.1) is 0 Å². The molecular weight excluding hydrogens is 520 g/mol. The number of furan rings is 1. The third-order valence-electron chi connectivity index (χ3n) is 8.29. The quantitative estimate of drug-likeness (QED) is 0.198. The molecule has 43 heavy (non-hydrogen) atoms. The first-order valence-corrected chi connectivity index (χ1v) is 14.1. The van der Waals surface area contributed by atoms with Crippen LogP contribution < -0.4 is 0 Å². The maximum absolute atomic E-state index is 9.38. The highest BCUT2D eigenvalue weighted by Crippen LogP contribution is 2.47. The second kappa shape index (κ2) is 9.44.